The molecule has 6 heteroatoms. The summed E-state index contributed by atoms with van der Waals surface area (Å²) in [6.07, 6.45) is 4.05. The van der Waals surface area contributed by atoms with E-state index in [1.807, 2.05) is 60.1 Å². The molecule has 2 aromatic carbocycles. The summed E-state index contributed by atoms with van der Waals surface area (Å²) in [5, 5.41) is 2.94. The van der Waals surface area contributed by atoms with Gasteiger partial charge in [0.2, 0.25) is 5.91 Å². The number of aryl methyl sites for hydroxylation is 1. The van der Waals surface area contributed by atoms with Gasteiger partial charge in [-0.1, -0.05) is 24.3 Å². The number of fused-ring (bicyclic) bond motifs is 1. The molecule has 0 saturated carbocycles. The highest BCUT2D eigenvalue weighted by molar-refractivity contribution is 5.77. The number of ether oxygens (including phenoxy) is 1. The zero-order valence-corrected chi connectivity index (χ0v) is 17.5. The number of hydrogen-bond donors (Lipinski definition) is 1. The highest BCUT2D eigenvalue weighted by Crippen LogP contribution is 2.31. The lowest BCUT2D eigenvalue weighted by Gasteiger charge is -2.18. The molecule has 31 heavy (non-hydrogen) atoms. The van der Waals surface area contributed by atoms with Crippen molar-refractivity contribution in [2.45, 2.75) is 25.8 Å². The Morgan fingerprint density at radius 1 is 1.16 bits per heavy atom. The lowest BCUT2D eigenvalue weighted by Crippen LogP contribution is -2.25. The first-order chi connectivity index (χ1) is 15.0. The van der Waals surface area contributed by atoms with Crippen LogP contribution in [0.1, 0.15) is 34.7 Å². The number of aromatic nitrogens is 2. The molecule has 0 saturated heterocycles. The molecular formula is C25H24FN3O2. The standard InChI is InChI=1S/C25H24FN3O2/c1-17-10-11-29-23(16-27-24(29)12-17)22(19-4-3-5-21(13-19)31-2)14-25(30)28-15-18-6-8-20(26)9-7-18/h3-13,16,22H,14-15H2,1-2H3,(H,28,30). The molecule has 0 aliphatic heterocycles. The minimum Gasteiger partial charge on any atom is -0.497 e. The van der Waals surface area contributed by atoms with Gasteiger partial charge in [-0.2, -0.15) is 0 Å². The van der Waals surface area contributed by atoms with E-state index in [9.17, 15) is 9.18 Å². The van der Waals surface area contributed by atoms with Gasteiger partial charge in [0.1, 0.15) is 17.2 Å². The maximum absolute atomic E-state index is 13.1. The van der Waals surface area contributed by atoms with Crippen LogP contribution >= 0.6 is 0 Å². The van der Waals surface area contributed by atoms with E-state index >= 15 is 0 Å². The maximum Gasteiger partial charge on any atom is 0.221 e. The van der Waals surface area contributed by atoms with Crippen LogP contribution in [0.3, 0.4) is 0 Å². The van der Waals surface area contributed by atoms with Gasteiger partial charge in [0.25, 0.3) is 0 Å². The molecule has 1 amide bonds. The van der Waals surface area contributed by atoms with Crippen molar-refractivity contribution >= 4 is 11.6 Å². The number of rotatable bonds is 7. The lowest BCUT2D eigenvalue weighted by atomic mass is 9.92. The fourth-order valence-electron chi connectivity index (χ4n) is 3.67. The van der Waals surface area contributed by atoms with E-state index in [4.69, 9.17) is 4.74 Å². The highest BCUT2D eigenvalue weighted by atomic mass is 19.1. The van der Waals surface area contributed by atoms with Crippen molar-refractivity contribution in [3.8, 4) is 5.75 Å². The summed E-state index contributed by atoms with van der Waals surface area (Å²) in [7, 11) is 1.63. The Morgan fingerprint density at radius 3 is 2.74 bits per heavy atom. The maximum atomic E-state index is 13.1. The SMILES string of the molecule is COc1cccc(C(CC(=O)NCc2ccc(F)cc2)c2cnc3cc(C)ccn23)c1. The number of hydrogen-bond acceptors (Lipinski definition) is 3. The number of amides is 1. The number of carbonyl (C=O) groups is 1. The predicted molar refractivity (Wildman–Crippen MR) is 118 cm³/mol. The summed E-state index contributed by atoms with van der Waals surface area (Å²) >= 11 is 0. The van der Waals surface area contributed by atoms with Crippen molar-refractivity contribution in [2.75, 3.05) is 7.11 Å². The van der Waals surface area contributed by atoms with Crippen LogP contribution in [0.15, 0.2) is 73.1 Å². The van der Waals surface area contributed by atoms with Crippen molar-refractivity contribution in [1.29, 1.82) is 0 Å². The molecule has 0 fully saturated rings. The second-order valence-electron chi connectivity index (χ2n) is 7.55. The number of nitrogens with zero attached hydrogens (tertiary/aromatic N) is 2. The molecule has 4 aromatic rings. The molecule has 2 aromatic heterocycles. The van der Waals surface area contributed by atoms with Crippen molar-refractivity contribution in [2.24, 2.45) is 0 Å². The fraction of sp³-hybridized carbons (Fsp3) is 0.200. The molecule has 5 nitrogen and oxygen atoms in total. The summed E-state index contributed by atoms with van der Waals surface area (Å²) in [4.78, 5) is 17.4. The zero-order chi connectivity index (χ0) is 21.8. The monoisotopic (exact) mass is 417 g/mol. The third-order valence-corrected chi connectivity index (χ3v) is 5.34. The van der Waals surface area contributed by atoms with Crippen LogP contribution in [0.25, 0.3) is 5.65 Å². The fourth-order valence-corrected chi connectivity index (χ4v) is 3.67. The zero-order valence-electron chi connectivity index (χ0n) is 17.5. The van der Waals surface area contributed by atoms with Crippen molar-refractivity contribution in [1.82, 2.24) is 14.7 Å². The second kappa shape index (κ2) is 9.00. The van der Waals surface area contributed by atoms with Crippen LogP contribution in [-0.2, 0) is 11.3 Å². The Balaban J connectivity index is 1.61. The quantitative estimate of drug-likeness (QED) is 0.477. The summed E-state index contributed by atoms with van der Waals surface area (Å²) in [5.74, 6) is 0.134. The minimum absolute atomic E-state index is 0.0980. The van der Waals surface area contributed by atoms with Crippen LogP contribution in [0.5, 0.6) is 5.75 Å². The normalized spacial score (nSPS) is 12.0. The lowest BCUT2D eigenvalue weighted by molar-refractivity contribution is -0.121. The van der Waals surface area contributed by atoms with E-state index in [0.717, 1.165) is 33.8 Å². The van der Waals surface area contributed by atoms with Crippen LogP contribution in [0.2, 0.25) is 0 Å². The Bertz CT molecular complexity index is 1200. The Morgan fingerprint density at radius 2 is 1.97 bits per heavy atom. The number of methoxy groups -OCH3 is 1. The number of pyridine rings is 1. The minimum atomic E-state index is -0.295. The third kappa shape index (κ3) is 4.74. The molecular weight excluding hydrogens is 393 g/mol. The van der Waals surface area contributed by atoms with E-state index < -0.39 is 0 Å². The van der Waals surface area contributed by atoms with Gasteiger partial charge in [0, 0.05) is 31.3 Å². The molecule has 0 aliphatic rings. The molecule has 1 unspecified atom stereocenters. The van der Waals surface area contributed by atoms with E-state index in [1.165, 1.54) is 12.1 Å². The van der Waals surface area contributed by atoms with E-state index in [0.29, 0.717) is 6.54 Å². The van der Waals surface area contributed by atoms with E-state index in [1.54, 1.807) is 19.2 Å². The number of benzene rings is 2. The average Bonchev–Trinajstić information content (AvgIpc) is 3.19. The van der Waals surface area contributed by atoms with Crippen LogP contribution < -0.4 is 10.1 Å². The molecule has 1 N–H and O–H groups in total. The third-order valence-electron chi connectivity index (χ3n) is 5.34. The molecule has 0 bridgehead atoms. The molecule has 4 rings (SSSR count). The van der Waals surface area contributed by atoms with Gasteiger partial charge in [-0.3, -0.25) is 4.79 Å². The Hall–Kier alpha value is -3.67. The number of carbonyl (C=O) groups excluding carboxylic acids is 1. The molecule has 0 aliphatic carbocycles. The van der Waals surface area contributed by atoms with Crippen LogP contribution in [0, 0.1) is 12.7 Å². The Labute approximate surface area is 180 Å². The first-order valence-corrected chi connectivity index (χ1v) is 10.1. The van der Waals surface area contributed by atoms with Gasteiger partial charge < -0.3 is 14.5 Å². The Kier molecular flexibility index (Phi) is 5.98. The highest BCUT2D eigenvalue weighted by Gasteiger charge is 2.22. The van der Waals surface area contributed by atoms with Crippen molar-refractivity contribution in [3.05, 3.63) is 101 Å². The second-order valence-corrected chi connectivity index (χ2v) is 7.55. The van der Waals surface area contributed by atoms with E-state index in [2.05, 4.69) is 10.3 Å². The topological polar surface area (TPSA) is 55.6 Å². The smallest absolute Gasteiger partial charge is 0.221 e. The van der Waals surface area contributed by atoms with Crippen molar-refractivity contribution in [3.63, 3.8) is 0 Å². The van der Waals surface area contributed by atoms with Gasteiger partial charge in [0.05, 0.1) is 12.8 Å². The van der Waals surface area contributed by atoms with Gasteiger partial charge in [0.15, 0.2) is 0 Å². The van der Waals surface area contributed by atoms with Gasteiger partial charge in [-0.25, -0.2) is 9.37 Å². The molecule has 2 heterocycles. The first kappa shape index (κ1) is 20.6. The van der Waals surface area contributed by atoms with Crippen molar-refractivity contribution < 1.29 is 13.9 Å². The first-order valence-electron chi connectivity index (χ1n) is 10.1. The number of halogens is 1. The largest absolute Gasteiger partial charge is 0.497 e. The van der Waals surface area contributed by atoms with Crippen LogP contribution in [0.4, 0.5) is 4.39 Å². The predicted octanol–water partition coefficient (Wildman–Crippen LogP) is 4.63. The summed E-state index contributed by atoms with van der Waals surface area (Å²) in [6, 6.07) is 17.9. The number of imidazole rings is 1. The van der Waals surface area contributed by atoms with Gasteiger partial charge in [-0.05, 0) is 60.0 Å². The molecule has 1 atom stereocenters. The summed E-state index contributed by atoms with van der Waals surface area (Å²) < 4.78 is 20.5. The molecule has 158 valence electrons. The molecule has 0 spiro atoms. The van der Waals surface area contributed by atoms with Gasteiger partial charge >= 0.3 is 0 Å². The van der Waals surface area contributed by atoms with Gasteiger partial charge in [-0.15, -0.1) is 0 Å². The van der Waals surface area contributed by atoms with E-state index in [-0.39, 0.29) is 24.1 Å². The summed E-state index contributed by atoms with van der Waals surface area (Å²) in [5.41, 5.74) is 4.71. The average molecular weight is 417 g/mol. The number of nitrogens with one attached hydrogen (secondary N) is 1. The van der Waals surface area contributed by atoms with Crippen LogP contribution in [-0.4, -0.2) is 22.4 Å². The molecule has 0 radical (unpaired) electrons. The summed E-state index contributed by atoms with van der Waals surface area (Å²) in [6.45, 7) is 2.37.